The zero-order chi connectivity index (χ0) is 14.5. The largest absolute Gasteiger partial charge is 0.370 e. The van der Waals surface area contributed by atoms with Gasteiger partial charge in [-0.25, -0.2) is 8.42 Å². The van der Waals surface area contributed by atoms with E-state index in [0.29, 0.717) is 23.4 Å². The predicted molar refractivity (Wildman–Crippen MR) is 78.3 cm³/mol. The van der Waals surface area contributed by atoms with E-state index in [-0.39, 0.29) is 5.54 Å². The van der Waals surface area contributed by atoms with Crippen LogP contribution in [0.15, 0.2) is 34.2 Å². The minimum absolute atomic E-state index is 0.263. The molecular weight excluding hydrogens is 274 g/mol. The minimum Gasteiger partial charge on any atom is -0.370 e. The van der Waals surface area contributed by atoms with Gasteiger partial charge in [-0.2, -0.15) is 0 Å². The molecule has 0 amide bonds. The molecule has 1 atom stereocenters. The summed E-state index contributed by atoms with van der Waals surface area (Å²) in [6.07, 6.45) is 3.51. The van der Waals surface area contributed by atoms with Gasteiger partial charge < -0.3 is 10.6 Å². The number of aliphatic imine (C=N–C) groups is 1. The number of guanidine groups is 1. The Hall–Kier alpha value is -1.56. The molecule has 1 fully saturated rings. The van der Waals surface area contributed by atoms with E-state index in [4.69, 9.17) is 5.73 Å². The first-order chi connectivity index (χ1) is 9.32. The molecule has 0 radical (unpaired) electrons. The van der Waals surface area contributed by atoms with Gasteiger partial charge in [-0.15, -0.1) is 0 Å². The Morgan fingerprint density at radius 3 is 2.40 bits per heavy atom. The van der Waals surface area contributed by atoms with Crippen molar-refractivity contribution in [2.45, 2.75) is 36.2 Å². The number of nitrogens with zero attached hydrogens (tertiary/aromatic N) is 2. The Morgan fingerprint density at radius 2 is 1.90 bits per heavy atom. The number of hydrogen-bond donors (Lipinski definition) is 1. The van der Waals surface area contributed by atoms with Crippen molar-refractivity contribution >= 4 is 15.8 Å². The van der Waals surface area contributed by atoms with Crippen molar-refractivity contribution in [2.75, 3.05) is 12.8 Å². The summed E-state index contributed by atoms with van der Waals surface area (Å²) in [6, 6.07) is 7.55. The van der Waals surface area contributed by atoms with Crippen molar-refractivity contribution in [3.8, 4) is 0 Å². The van der Waals surface area contributed by atoms with Crippen LogP contribution in [0.4, 0.5) is 0 Å². The highest BCUT2D eigenvalue weighted by molar-refractivity contribution is 7.90. The van der Waals surface area contributed by atoms with E-state index in [2.05, 4.69) is 16.8 Å². The Bertz CT molecular complexity index is 662. The molecule has 1 aromatic carbocycles. The molecule has 5 nitrogen and oxygen atoms in total. The van der Waals surface area contributed by atoms with Crippen LogP contribution in [0.1, 0.15) is 25.3 Å². The van der Waals surface area contributed by atoms with E-state index >= 15 is 0 Å². The van der Waals surface area contributed by atoms with Gasteiger partial charge in [0.1, 0.15) is 0 Å². The van der Waals surface area contributed by atoms with Crippen molar-refractivity contribution in [2.24, 2.45) is 10.7 Å². The van der Waals surface area contributed by atoms with Crippen LogP contribution in [0.5, 0.6) is 0 Å². The molecule has 0 saturated heterocycles. The Morgan fingerprint density at radius 1 is 1.30 bits per heavy atom. The average Bonchev–Trinajstić information content (AvgIpc) is 3.16. The van der Waals surface area contributed by atoms with Crippen LogP contribution < -0.4 is 5.73 Å². The van der Waals surface area contributed by atoms with Gasteiger partial charge in [0.05, 0.1) is 17.0 Å². The van der Waals surface area contributed by atoms with Crippen molar-refractivity contribution in [3.63, 3.8) is 0 Å². The second kappa shape index (κ2) is 4.22. The molecule has 1 heterocycles. The zero-order valence-corrected chi connectivity index (χ0v) is 12.5. The number of rotatable bonds is 3. The number of nitrogens with two attached hydrogens (primary N) is 1. The first-order valence-corrected chi connectivity index (χ1v) is 8.61. The average molecular weight is 293 g/mol. The number of benzene rings is 1. The third kappa shape index (κ3) is 2.08. The number of sulfone groups is 1. The summed E-state index contributed by atoms with van der Waals surface area (Å²) in [5.74, 6) is 0.599. The molecule has 1 saturated carbocycles. The molecule has 2 N–H and O–H groups in total. The van der Waals surface area contributed by atoms with Gasteiger partial charge in [0.2, 0.25) is 0 Å². The molecule has 2 aliphatic rings. The lowest BCUT2D eigenvalue weighted by Gasteiger charge is -2.37. The molecule has 6 heteroatoms. The van der Waals surface area contributed by atoms with Crippen molar-refractivity contribution in [1.29, 1.82) is 0 Å². The van der Waals surface area contributed by atoms with Crippen molar-refractivity contribution < 1.29 is 8.42 Å². The molecular formula is C14H19N3O2S. The molecule has 1 aliphatic carbocycles. The molecule has 3 rings (SSSR count). The molecule has 0 bridgehead atoms. The smallest absolute Gasteiger partial charge is 0.192 e. The maximum atomic E-state index is 11.5. The summed E-state index contributed by atoms with van der Waals surface area (Å²) >= 11 is 0. The highest BCUT2D eigenvalue weighted by Gasteiger charge is 2.46. The van der Waals surface area contributed by atoms with Gasteiger partial charge in [-0.05, 0) is 37.5 Å². The minimum atomic E-state index is -3.16. The van der Waals surface area contributed by atoms with Gasteiger partial charge in [0, 0.05) is 12.3 Å². The molecule has 20 heavy (non-hydrogen) atoms. The SMILES string of the molecule is CC1(c2ccc(S(C)(=O)=O)cc2)CN=C(N)N1C1CC1. The van der Waals surface area contributed by atoms with Gasteiger partial charge in [0.25, 0.3) is 0 Å². The summed E-state index contributed by atoms with van der Waals surface area (Å²) in [4.78, 5) is 6.91. The highest BCUT2D eigenvalue weighted by Crippen LogP contribution is 2.41. The van der Waals surface area contributed by atoms with E-state index in [9.17, 15) is 8.42 Å². The lowest BCUT2D eigenvalue weighted by atomic mass is 9.91. The van der Waals surface area contributed by atoms with Crippen molar-refractivity contribution in [1.82, 2.24) is 4.90 Å². The Kier molecular flexibility index (Phi) is 2.83. The van der Waals surface area contributed by atoms with Gasteiger partial charge in [0.15, 0.2) is 15.8 Å². The molecule has 108 valence electrons. The van der Waals surface area contributed by atoms with Crippen LogP contribution in [0, 0.1) is 0 Å². The number of hydrogen-bond acceptors (Lipinski definition) is 5. The Balaban J connectivity index is 1.96. The standard InChI is InChI=1S/C14H19N3O2S/c1-14(9-16-13(15)17(14)11-5-6-11)10-3-7-12(8-4-10)20(2,18)19/h3-4,7-8,11H,5-6,9H2,1-2H3,(H2,15,16). The van der Waals surface area contributed by atoms with Crippen LogP contribution >= 0.6 is 0 Å². The fraction of sp³-hybridized carbons (Fsp3) is 0.500. The highest BCUT2D eigenvalue weighted by atomic mass is 32.2. The Labute approximate surface area is 119 Å². The lowest BCUT2D eigenvalue weighted by molar-refractivity contribution is 0.216. The van der Waals surface area contributed by atoms with E-state index in [1.54, 1.807) is 12.1 Å². The first-order valence-electron chi connectivity index (χ1n) is 6.72. The topological polar surface area (TPSA) is 75.8 Å². The fourth-order valence-corrected chi connectivity index (χ4v) is 3.48. The maximum absolute atomic E-state index is 11.5. The van der Waals surface area contributed by atoms with Gasteiger partial charge in [-0.1, -0.05) is 12.1 Å². The quantitative estimate of drug-likeness (QED) is 0.905. The van der Waals surface area contributed by atoms with Gasteiger partial charge >= 0.3 is 0 Å². The maximum Gasteiger partial charge on any atom is 0.192 e. The molecule has 1 unspecified atom stereocenters. The van der Waals surface area contributed by atoms with Crippen LogP contribution in [0.2, 0.25) is 0 Å². The van der Waals surface area contributed by atoms with E-state index in [0.717, 1.165) is 18.4 Å². The second-order valence-corrected chi connectivity index (χ2v) is 7.86. The van der Waals surface area contributed by atoms with Crippen LogP contribution in [0.25, 0.3) is 0 Å². The summed E-state index contributed by atoms with van der Waals surface area (Å²) in [7, 11) is -3.16. The van der Waals surface area contributed by atoms with Crippen LogP contribution in [-0.2, 0) is 15.4 Å². The molecule has 1 aromatic rings. The predicted octanol–water partition coefficient (Wildman–Crippen LogP) is 1.10. The first kappa shape index (κ1) is 13.4. The monoisotopic (exact) mass is 293 g/mol. The van der Waals surface area contributed by atoms with Crippen LogP contribution in [0.3, 0.4) is 0 Å². The summed E-state index contributed by atoms with van der Waals surface area (Å²) in [5, 5.41) is 0. The van der Waals surface area contributed by atoms with Crippen molar-refractivity contribution in [3.05, 3.63) is 29.8 Å². The normalized spacial score (nSPS) is 26.7. The zero-order valence-electron chi connectivity index (χ0n) is 11.7. The van der Waals surface area contributed by atoms with E-state index in [1.165, 1.54) is 6.26 Å². The fourth-order valence-electron chi connectivity index (χ4n) is 2.85. The molecule has 0 aromatic heterocycles. The van der Waals surface area contributed by atoms with Gasteiger partial charge in [-0.3, -0.25) is 4.99 Å². The summed E-state index contributed by atoms with van der Waals surface area (Å²) in [5.41, 5.74) is 6.81. The lowest BCUT2D eigenvalue weighted by Crippen LogP contribution is -2.48. The third-order valence-corrected chi connectivity index (χ3v) is 5.27. The second-order valence-electron chi connectivity index (χ2n) is 5.85. The summed E-state index contributed by atoms with van der Waals surface area (Å²) in [6.45, 7) is 2.73. The van der Waals surface area contributed by atoms with E-state index in [1.807, 2.05) is 12.1 Å². The molecule has 0 spiro atoms. The van der Waals surface area contributed by atoms with Crippen LogP contribution in [-0.4, -0.2) is 38.1 Å². The third-order valence-electron chi connectivity index (χ3n) is 4.14. The van der Waals surface area contributed by atoms with E-state index < -0.39 is 9.84 Å². The molecule has 1 aliphatic heterocycles. The summed E-state index contributed by atoms with van der Waals surface area (Å²) < 4.78 is 23.1.